The summed E-state index contributed by atoms with van der Waals surface area (Å²) < 4.78 is 22.5. The molecule has 0 radical (unpaired) electrons. The fraction of sp³-hybridized carbons (Fsp3) is 0.419. The normalized spacial score (nSPS) is 15.2. The number of ether oxygens (including phenoxy) is 4. The smallest absolute Gasteiger partial charge is 0.164 e. The number of aliphatic hydroxyl groups is 1. The molecule has 0 amide bonds. The van der Waals surface area contributed by atoms with Crippen LogP contribution in [0.3, 0.4) is 0 Å². The van der Waals surface area contributed by atoms with E-state index in [0.717, 1.165) is 51.3 Å². The van der Waals surface area contributed by atoms with Crippen LogP contribution in [0.4, 0.5) is 0 Å². The van der Waals surface area contributed by atoms with E-state index >= 15 is 0 Å². The summed E-state index contributed by atoms with van der Waals surface area (Å²) in [6.07, 6.45) is 1.17. The van der Waals surface area contributed by atoms with Crippen LogP contribution in [0, 0.1) is 0 Å². The Morgan fingerprint density at radius 3 is 2.08 bits per heavy atom. The summed E-state index contributed by atoms with van der Waals surface area (Å²) in [4.78, 5) is 4.77. The van der Waals surface area contributed by atoms with Gasteiger partial charge in [-0.15, -0.1) is 0 Å². The minimum absolute atomic E-state index is 0.543. The van der Waals surface area contributed by atoms with Crippen LogP contribution in [-0.4, -0.2) is 82.1 Å². The number of methoxy groups -OCH3 is 3. The zero-order chi connectivity index (χ0) is 26.7. The van der Waals surface area contributed by atoms with Crippen LogP contribution in [0.15, 0.2) is 66.7 Å². The first-order chi connectivity index (χ1) is 18.6. The summed E-state index contributed by atoms with van der Waals surface area (Å²) >= 11 is 0. The Morgan fingerprint density at radius 1 is 0.737 bits per heavy atom. The third-order valence-corrected chi connectivity index (χ3v) is 7.08. The first kappa shape index (κ1) is 27.8. The summed E-state index contributed by atoms with van der Waals surface area (Å²) in [5, 5.41) is 11.0. The number of piperazine rings is 1. The molecule has 0 spiro atoms. The first-order valence-corrected chi connectivity index (χ1v) is 13.3. The van der Waals surface area contributed by atoms with E-state index in [2.05, 4.69) is 52.3 Å². The van der Waals surface area contributed by atoms with E-state index < -0.39 is 6.10 Å². The van der Waals surface area contributed by atoms with Crippen molar-refractivity contribution in [1.29, 1.82) is 0 Å². The number of β-amino-alcohol motifs (C(OH)–C–C–N with tert-alkyl or cyclic N) is 1. The van der Waals surface area contributed by atoms with Gasteiger partial charge in [0.25, 0.3) is 0 Å². The van der Waals surface area contributed by atoms with Crippen molar-refractivity contribution < 1.29 is 24.1 Å². The van der Waals surface area contributed by atoms with Crippen molar-refractivity contribution in [3.05, 3.63) is 83.4 Å². The molecule has 1 atom stereocenters. The number of benzene rings is 3. The zero-order valence-corrected chi connectivity index (χ0v) is 22.8. The van der Waals surface area contributed by atoms with Crippen molar-refractivity contribution in [1.82, 2.24) is 9.80 Å². The van der Waals surface area contributed by atoms with E-state index in [1.165, 1.54) is 11.1 Å². The van der Waals surface area contributed by atoms with Crippen molar-refractivity contribution in [2.45, 2.75) is 18.9 Å². The fourth-order valence-electron chi connectivity index (χ4n) is 4.93. The Bertz CT molecular complexity index is 1130. The van der Waals surface area contributed by atoms with Gasteiger partial charge in [-0.05, 0) is 29.7 Å². The Labute approximate surface area is 226 Å². The lowest BCUT2D eigenvalue weighted by atomic mass is 10.0. The monoisotopic (exact) mass is 520 g/mol. The molecular weight excluding hydrogens is 480 g/mol. The largest absolute Gasteiger partial charge is 0.496 e. The lowest BCUT2D eigenvalue weighted by molar-refractivity contribution is 0.0695. The molecule has 204 valence electrons. The maximum Gasteiger partial charge on any atom is 0.164 e. The molecular formula is C31H40N2O5. The lowest BCUT2D eigenvalue weighted by Gasteiger charge is -2.35. The molecule has 1 fully saturated rings. The third kappa shape index (κ3) is 7.40. The van der Waals surface area contributed by atoms with Crippen LogP contribution < -0.4 is 18.9 Å². The van der Waals surface area contributed by atoms with Gasteiger partial charge in [-0.1, -0.05) is 48.5 Å². The molecule has 1 heterocycles. The van der Waals surface area contributed by atoms with E-state index in [4.69, 9.17) is 18.9 Å². The fourth-order valence-corrected chi connectivity index (χ4v) is 4.93. The second-order valence-electron chi connectivity index (χ2n) is 9.58. The van der Waals surface area contributed by atoms with Gasteiger partial charge in [0.1, 0.15) is 11.5 Å². The van der Waals surface area contributed by atoms with Gasteiger partial charge in [0.2, 0.25) is 0 Å². The summed E-state index contributed by atoms with van der Waals surface area (Å²) in [6.45, 7) is 6.01. The minimum Gasteiger partial charge on any atom is -0.496 e. The Kier molecular flexibility index (Phi) is 10.3. The average molecular weight is 521 g/mol. The number of hydrogen-bond acceptors (Lipinski definition) is 7. The number of rotatable bonds is 13. The van der Waals surface area contributed by atoms with Crippen LogP contribution in [0.25, 0.3) is 0 Å². The summed E-state index contributed by atoms with van der Waals surface area (Å²) in [6, 6.07) is 22.4. The molecule has 0 saturated carbocycles. The van der Waals surface area contributed by atoms with Crippen molar-refractivity contribution in [2.24, 2.45) is 0 Å². The van der Waals surface area contributed by atoms with Crippen LogP contribution in [0.1, 0.15) is 29.2 Å². The average Bonchev–Trinajstić information content (AvgIpc) is 2.96. The SMILES string of the molecule is COc1cc(OC)c(C(O)CN2CCN(CCCOc3ccccc3Cc3ccccc3)CC2)cc1OC. The topological polar surface area (TPSA) is 63.6 Å². The standard InChI is InChI=1S/C31H40N2O5/c1-35-29-22-31(37-3)30(36-2)21-26(29)27(34)23-33-17-15-32(16-18-33)14-9-19-38-28-13-8-7-12-25(28)20-24-10-5-4-6-11-24/h4-8,10-13,21-22,27,34H,9,14-20,23H2,1-3H3. The summed E-state index contributed by atoms with van der Waals surface area (Å²) in [5.74, 6) is 2.73. The molecule has 3 aromatic rings. The summed E-state index contributed by atoms with van der Waals surface area (Å²) in [5.41, 5.74) is 3.21. The van der Waals surface area contributed by atoms with Crippen molar-refractivity contribution >= 4 is 0 Å². The van der Waals surface area contributed by atoms with Crippen LogP contribution in [-0.2, 0) is 6.42 Å². The van der Waals surface area contributed by atoms with Gasteiger partial charge in [-0.3, -0.25) is 4.90 Å². The van der Waals surface area contributed by atoms with Gasteiger partial charge >= 0.3 is 0 Å². The number of hydrogen-bond donors (Lipinski definition) is 1. The molecule has 1 unspecified atom stereocenters. The van der Waals surface area contributed by atoms with Gasteiger partial charge in [0, 0.05) is 57.3 Å². The van der Waals surface area contributed by atoms with Gasteiger partial charge in [-0.25, -0.2) is 0 Å². The molecule has 0 aromatic heterocycles. The Balaban J connectivity index is 1.21. The lowest BCUT2D eigenvalue weighted by Crippen LogP contribution is -2.47. The number of nitrogens with zero attached hydrogens (tertiary/aromatic N) is 2. The second-order valence-corrected chi connectivity index (χ2v) is 9.58. The first-order valence-electron chi connectivity index (χ1n) is 13.3. The van der Waals surface area contributed by atoms with Crippen molar-refractivity contribution in [3.63, 3.8) is 0 Å². The van der Waals surface area contributed by atoms with E-state index in [9.17, 15) is 5.11 Å². The minimum atomic E-state index is -0.680. The molecule has 38 heavy (non-hydrogen) atoms. The zero-order valence-electron chi connectivity index (χ0n) is 22.8. The highest BCUT2D eigenvalue weighted by atomic mass is 16.5. The van der Waals surface area contributed by atoms with E-state index in [1.54, 1.807) is 33.5 Å². The molecule has 3 aromatic carbocycles. The van der Waals surface area contributed by atoms with E-state index in [-0.39, 0.29) is 0 Å². The van der Waals surface area contributed by atoms with Crippen LogP contribution in [0.2, 0.25) is 0 Å². The Hall–Kier alpha value is -3.26. The molecule has 7 heteroatoms. The van der Waals surface area contributed by atoms with E-state index in [0.29, 0.717) is 36.0 Å². The predicted octanol–water partition coefficient (Wildman–Crippen LogP) is 4.42. The molecule has 0 bridgehead atoms. The highest BCUT2D eigenvalue weighted by molar-refractivity contribution is 5.51. The highest BCUT2D eigenvalue weighted by Crippen LogP contribution is 2.37. The molecule has 0 aliphatic carbocycles. The molecule has 1 saturated heterocycles. The molecule has 1 aliphatic rings. The van der Waals surface area contributed by atoms with Crippen LogP contribution >= 0.6 is 0 Å². The number of para-hydroxylation sites is 1. The quantitative estimate of drug-likeness (QED) is 0.335. The highest BCUT2D eigenvalue weighted by Gasteiger charge is 2.23. The summed E-state index contributed by atoms with van der Waals surface area (Å²) in [7, 11) is 4.78. The second kappa shape index (κ2) is 14.0. The number of aliphatic hydroxyl groups excluding tert-OH is 1. The molecule has 7 nitrogen and oxygen atoms in total. The van der Waals surface area contributed by atoms with Gasteiger partial charge in [-0.2, -0.15) is 0 Å². The predicted molar refractivity (Wildman–Crippen MR) is 150 cm³/mol. The van der Waals surface area contributed by atoms with Crippen molar-refractivity contribution in [2.75, 3.05) is 67.2 Å². The Morgan fingerprint density at radius 2 is 1.37 bits per heavy atom. The molecule has 1 aliphatic heterocycles. The van der Waals surface area contributed by atoms with Crippen LogP contribution in [0.5, 0.6) is 23.0 Å². The van der Waals surface area contributed by atoms with Gasteiger partial charge in [0.15, 0.2) is 11.5 Å². The maximum absolute atomic E-state index is 11.0. The van der Waals surface area contributed by atoms with E-state index in [1.807, 2.05) is 12.1 Å². The van der Waals surface area contributed by atoms with Gasteiger partial charge < -0.3 is 29.0 Å². The maximum atomic E-state index is 11.0. The van der Waals surface area contributed by atoms with Gasteiger partial charge in [0.05, 0.1) is 34.0 Å². The third-order valence-electron chi connectivity index (χ3n) is 7.08. The van der Waals surface area contributed by atoms with Crippen molar-refractivity contribution in [3.8, 4) is 23.0 Å². The molecule has 1 N–H and O–H groups in total. The molecule has 4 rings (SSSR count).